The number of benzene rings is 2. The minimum atomic E-state index is -0.835. The van der Waals surface area contributed by atoms with Gasteiger partial charge in [0.15, 0.2) is 5.78 Å². The van der Waals surface area contributed by atoms with E-state index in [1.54, 1.807) is 6.92 Å². The van der Waals surface area contributed by atoms with Gasteiger partial charge in [0.25, 0.3) is 0 Å². The number of hydrogen-bond donors (Lipinski definition) is 1. The molecule has 2 aromatic rings. The molecule has 2 aromatic carbocycles. The molecule has 1 N–H and O–H groups in total. The zero-order chi connectivity index (χ0) is 23.5. The molecule has 0 aromatic heterocycles. The van der Waals surface area contributed by atoms with Crippen molar-refractivity contribution in [2.45, 2.75) is 46.1 Å². The molecule has 0 spiro atoms. The Bertz CT molecular complexity index is 1080. The number of esters is 1. The highest BCUT2D eigenvalue weighted by atomic mass is 16.5. The molecule has 6 nitrogen and oxygen atoms in total. The van der Waals surface area contributed by atoms with Crippen LogP contribution in [0.5, 0.6) is 5.75 Å². The molecule has 0 fully saturated rings. The van der Waals surface area contributed by atoms with E-state index in [1.165, 1.54) is 5.56 Å². The maximum atomic E-state index is 13.4. The van der Waals surface area contributed by atoms with Gasteiger partial charge in [0.05, 0.1) is 6.61 Å². The normalized spacial score (nSPS) is 22.5. The van der Waals surface area contributed by atoms with Crippen LogP contribution in [-0.2, 0) is 25.7 Å². The lowest BCUT2D eigenvalue weighted by Crippen LogP contribution is -2.44. The fraction of sp³-hybridized carbons (Fsp3) is 0.370. The van der Waals surface area contributed by atoms with Crippen LogP contribution in [0.1, 0.15) is 49.3 Å². The molecule has 172 valence electrons. The molecular weight excluding hydrogens is 418 g/mol. The maximum absolute atomic E-state index is 13.4. The molecule has 0 saturated heterocycles. The monoisotopic (exact) mass is 447 g/mol. The minimum Gasteiger partial charge on any atom is -0.489 e. The summed E-state index contributed by atoms with van der Waals surface area (Å²) in [6.07, 6.45) is 0.628. The third-order valence-electron chi connectivity index (χ3n) is 6.35. The topological polar surface area (TPSA) is 81.7 Å². The van der Waals surface area contributed by atoms with Gasteiger partial charge in [-0.1, -0.05) is 48.9 Å². The largest absolute Gasteiger partial charge is 0.489 e. The first-order valence-electron chi connectivity index (χ1n) is 11.4. The molecule has 6 heteroatoms. The summed E-state index contributed by atoms with van der Waals surface area (Å²) in [4.78, 5) is 38.3. The van der Waals surface area contributed by atoms with Gasteiger partial charge in [0.2, 0.25) is 5.91 Å². The smallest absolute Gasteiger partial charge is 0.317 e. The zero-order valence-electron chi connectivity index (χ0n) is 19.2. The fourth-order valence-corrected chi connectivity index (χ4v) is 4.63. The number of Topliss-reactive ketones (excluding diaryl/α,β-unsaturated/α-hetero) is 1. The molecule has 0 radical (unpaired) electrons. The second-order valence-electron chi connectivity index (χ2n) is 8.82. The second-order valence-corrected chi connectivity index (χ2v) is 8.82. The first-order valence-corrected chi connectivity index (χ1v) is 11.4. The molecule has 2 aliphatic rings. The molecule has 3 atom stereocenters. The van der Waals surface area contributed by atoms with E-state index in [0.29, 0.717) is 30.0 Å². The number of carbonyl (C=O) groups excluding carboxylic acids is 3. The van der Waals surface area contributed by atoms with Crippen LogP contribution in [0.2, 0.25) is 0 Å². The minimum absolute atomic E-state index is 0.118. The summed E-state index contributed by atoms with van der Waals surface area (Å²) < 4.78 is 11.1. The molecular formula is C27H29NO5. The Morgan fingerprint density at radius 1 is 1.03 bits per heavy atom. The highest BCUT2D eigenvalue weighted by Gasteiger charge is 2.45. The lowest BCUT2D eigenvalue weighted by molar-refractivity contribution is -0.153. The highest BCUT2D eigenvalue weighted by Crippen LogP contribution is 2.42. The summed E-state index contributed by atoms with van der Waals surface area (Å²) in [5.74, 6) is -1.60. The number of amides is 1. The summed E-state index contributed by atoms with van der Waals surface area (Å²) in [5, 5.41) is 2.87. The van der Waals surface area contributed by atoms with Crippen LogP contribution in [0, 0.1) is 18.8 Å². The Morgan fingerprint density at radius 2 is 1.73 bits per heavy atom. The first-order chi connectivity index (χ1) is 15.9. The average Bonchev–Trinajstić information content (AvgIpc) is 2.78. The second kappa shape index (κ2) is 9.61. The van der Waals surface area contributed by atoms with Crippen LogP contribution >= 0.6 is 0 Å². The Kier molecular flexibility index (Phi) is 6.63. The Balaban J connectivity index is 1.55. The summed E-state index contributed by atoms with van der Waals surface area (Å²) >= 11 is 0. The predicted octanol–water partition coefficient (Wildman–Crippen LogP) is 4.22. The van der Waals surface area contributed by atoms with Gasteiger partial charge in [-0.15, -0.1) is 0 Å². The van der Waals surface area contributed by atoms with Gasteiger partial charge in [-0.25, -0.2) is 0 Å². The molecule has 1 aliphatic carbocycles. The Labute approximate surface area is 194 Å². The van der Waals surface area contributed by atoms with Crippen molar-refractivity contribution < 1.29 is 23.9 Å². The van der Waals surface area contributed by atoms with E-state index in [-0.39, 0.29) is 30.6 Å². The number of ether oxygens (including phenoxy) is 2. The third kappa shape index (κ3) is 4.85. The number of hydrogen-bond acceptors (Lipinski definition) is 5. The highest BCUT2D eigenvalue weighted by molar-refractivity contribution is 6.11. The van der Waals surface area contributed by atoms with Crippen LogP contribution in [-0.4, -0.2) is 24.3 Å². The summed E-state index contributed by atoms with van der Waals surface area (Å²) in [6, 6.07) is 15.7. The summed E-state index contributed by atoms with van der Waals surface area (Å²) in [7, 11) is 0. The number of rotatable bonds is 6. The first kappa shape index (κ1) is 22.8. The summed E-state index contributed by atoms with van der Waals surface area (Å²) in [6.45, 7) is 6.30. The van der Waals surface area contributed by atoms with Crippen LogP contribution in [0.3, 0.4) is 0 Å². The molecule has 33 heavy (non-hydrogen) atoms. The van der Waals surface area contributed by atoms with Gasteiger partial charge >= 0.3 is 5.97 Å². The molecule has 0 saturated carbocycles. The molecule has 3 unspecified atom stereocenters. The predicted molar refractivity (Wildman–Crippen MR) is 123 cm³/mol. The number of ketones is 1. The van der Waals surface area contributed by atoms with Crippen molar-refractivity contribution in [1.82, 2.24) is 5.32 Å². The van der Waals surface area contributed by atoms with Crippen molar-refractivity contribution >= 4 is 17.7 Å². The van der Waals surface area contributed by atoms with Crippen molar-refractivity contribution in [2.75, 3.05) is 6.61 Å². The number of nitrogens with one attached hydrogen (secondary N) is 1. The van der Waals surface area contributed by atoms with Crippen molar-refractivity contribution in [3.8, 4) is 5.75 Å². The SMILES string of the molecule is CCOC(=O)C1C(=O)C2=C(CC1C)NC(=O)CC2c1ccc(OCc2ccc(C)cc2)cc1. The van der Waals surface area contributed by atoms with Crippen LogP contribution in [0.4, 0.5) is 0 Å². The quantitative estimate of drug-likeness (QED) is 0.530. The standard InChI is InChI=1S/C27H29NO5/c1-4-32-27(31)24-17(3)13-22-25(26(24)30)21(14-23(29)28-22)19-9-11-20(12-10-19)33-15-18-7-5-16(2)6-8-18/h5-12,17,21,24H,4,13-15H2,1-3H3,(H,28,29). The van der Waals surface area contributed by atoms with E-state index < -0.39 is 17.8 Å². The lowest BCUT2D eigenvalue weighted by atomic mass is 9.70. The van der Waals surface area contributed by atoms with Crippen LogP contribution in [0.15, 0.2) is 59.8 Å². The maximum Gasteiger partial charge on any atom is 0.317 e. The van der Waals surface area contributed by atoms with E-state index in [2.05, 4.69) is 5.32 Å². The summed E-state index contributed by atoms with van der Waals surface area (Å²) in [5.41, 5.74) is 4.29. The van der Waals surface area contributed by atoms with Crippen LogP contribution < -0.4 is 10.1 Å². The third-order valence-corrected chi connectivity index (χ3v) is 6.35. The van der Waals surface area contributed by atoms with E-state index in [9.17, 15) is 14.4 Å². The molecule has 0 bridgehead atoms. The van der Waals surface area contributed by atoms with Crippen molar-refractivity contribution in [3.63, 3.8) is 0 Å². The van der Waals surface area contributed by atoms with Gasteiger partial charge in [-0.3, -0.25) is 14.4 Å². The van der Waals surface area contributed by atoms with Gasteiger partial charge in [0.1, 0.15) is 18.3 Å². The Morgan fingerprint density at radius 3 is 2.39 bits per heavy atom. The fourth-order valence-electron chi connectivity index (χ4n) is 4.63. The van der Waals surface area contributed by atoms with Gasteiger partial charge in [-0.2, -0.15) is 0 Å². The van der Waals surface area contributed by atoms with Crippen LogP contribution in [0.25, 0.3) is 0 Å². The van der Waals surface area contributed by atoms with Crippen molar-refractivity contribution in [1.29, 1.82) is 0 Å². The van der Waals surface area contributed by atoms with Gasteiger partial charge in [-0.05, 0) is 49.4 Å². The molecule has 1 aliphatic heterocycles. The van der Waals surface area contributed by atoms with E-state index >= 15 is 0 Å². The van der Waals surface area contributed by atoms with Gasteiger partial charge in [0, 0.05) is 23.6 Å². The lowest BCUT2D eigenvalue weighted by Gasteiger charge is -2.36. The number of carbonyl (C=O) groups is 3. The molecule has 1 amide bonds. The van der Waals surface area contributed by atoms with Crippen molar-refractivity contribution in [2.24, 2.45) is 11.8 Å². The number of aryl methyl sites for hydroxylation is 1. The van der Waals surface area contributed by atoms with E-state index in [1.807, 2.05) is 62.4 Å². The Hall–Kier alpha value is -3.41. The average molecular weight is 448 g/mol. The molecule has 1 heterocycles. The number of allylic oxidation sites excluding steroid dienone is 2. The molecule has 4 rings (SSSR count). The van der Waals surface area contributed by atoms with E-state index in [4.69, 9.17) is 9.47 Å². The van der Waals surface area contributed by atoms with E-state index in [0.717, 1.165) is 11.1 Å². The zero-order valence-corrected chi connectivity index (χ0v) is 19.2. The van der Waals surface area contributed by atoms with Crippen molar-refractivity contribution in [3.05, 3.63) is 76.5 Å². The van der Waals surface area contributed by atoms with Gasteiger partial charge < -0.3 is 14.8 Å².